The average Bonchev–Trinajstić information content (AvgIpc) is 3.06. The highest BCUT2D eigenvalue weighted by Crippen LogP contribution is 2.23. The number of hydrogen-bond donors (Lipinski definition) is 0. The summed E-state index contributed by atoms with van der Waals surface area (Å²) in [6.07, 6.45) is 3.06. The number of benzene rings is 1. The average molecular weight is 401 g/mol. The number of amides is 1. The van der Waals surface area contributed by atoms with Crippen LogP contribution in [0.3, 0.4) is 0 Å². The molecule has 0 bridgehead atoms. The van der Waals surface area contributed by atoms with Crippen molar-refractivity contribution >= 4 is 29.2 Å². The van der Waals surface area contributed by atoms with Crippen molar-refractivity contribution in [3.05, 3.63) is 47.8 Å². The van der Waals surface area contributed by atoms with E-state index in [1.807, 2.05) is 23.1 Å². The van der Waals surface area contributed by atoms with E-state index >= 15 is 0 Å². The lowest BCUT2D eigenvalue weighted by Gasteiger charge is -2.26. The first-order valence-corrected chi connectivity index (χ1v) is 10.3. The van der Waals surface area contributed by atoms with E-state index in [0.717, 1.165) is 6.42 Å². The van der Waals surface area contributed by atoms with Gasteiger partial charge in [0, 0.05) is 20.1 Å². The molecule has 2 aromatic rings. The molecule has 0 fully saturated rings. The van der Waals surface area contributed by atoms with Crippen molar-refractivity contribution < 1.29 is 14.3 Å². The van der Waals surface area contributed by atoms with Crippen LogP contribution >= 0.6 is 11.8 Å². The fourth-order valence-corrected chi connectivity index (χ4v) is 3.83. The third kappa shape index (κ3) is 5.01. The molecule has 1 amide bonds. The molecule has 3 rings (SSSR count). The van der Waals surface area contributed by atoms with Gasteiger partial charge in [-0.3, -0.25) is 9.59 Å². The van der Waals surface area contributed by atoms with Crippen LogP contribution in [-0.2, 0) is 27.8 Å². The Kier molecular flexibility index (Phi) is 6.86. The first kappa shape index (κ1) is 20.1. The van der Waals surface area contributed by atoms with Crippen molar-refractivity contribution in [3.8, 4) is 0 Å². The van der Waals surface area contributed by atoms with E-state index in [1.54, 1.807) is 18.5 Å². The molecule has 1 aromatic carbocycles. The molecule has 0 radical (unpaired) electrons. The zero-order valence-corrected chi connectivity index (χ0v) is 16.9. The molecule has 28 heavy (non-hydrogen) atoms. The molecule has 0 saturated carbocycles. The Morgan fingerprint density at radius 3 is 2.68 bits per heavy atom. The smallest absolute Gasteiger partial charge is 0.313 e. The predicted molar refractivity (Wildman–Crippen MR) is 108 cm³/mol. The van der Waals surface area contributed by atoms with Crippen molar-refractivity contribution in [2.45, 2.75) is 24.9 Å². The van der Waals surface area contributed by atoms with E-state index in [-0.39, 0.29) is 18.3 Å². The Labute approximate surface area is 168 Å². The summed E-state index contributed by atoms with van der Waals surface area (Å²) in [7, 11) is 1.79. The van der Waals surface area contributed by atoms with E-state index < -0.39 is 0 Å². The van der Waals surface area contributed by atoms with Gasteiger partial charge in [-0.25, -0.2) is 0 Å². The lowest BCUT2D eigenvalue weighted by molar-refractivity contribution is -0.142. The van der Waals surface area contributed by atoms with Crippen molar-refractivity contribution in [2.24, 2.45) is 7.05 Å². The number of ether oxygens (including phenoxy) is 1. The van der Waals surface area contributed by atoms with Crippen LogP contribution in [0.2, 0.25) is 0 Å². The minimum absolute atomic E-state index is 0.0725. The maximum absolute atomic E-state index is 12.5. The molecule has 1 aromatic heterocycles. The molecule has 8 heteroatoms. The van der Waals surface area contributed by atoms with E-state index in [9.17, 15) is 9.59 Å². The van der Waals surface area contributed by atoms with Gasteiger partial charge in [-0.15, -0.1) is 10.2 Å². The molecular weight excluding hydrogens is 376 g/mol. The molecule has 0 saturated heterocycles. The number of aromatic nitrogens is 3. The van der Waals surface area contributed by atoms with Crippen LogP contribution in [0.5, 0.6) is 0 Å². The van der Waals surface area contributed by atoms with Crippen LogP contribution < -0.4 is 0 Å². The number of rotatable bonds is 7. The summed E-state index contributed by atoms with van der Waals surface area (Å²) in [5.41, 5.74) is 2.51. The molecule has 148 valence electrons. The highest BCUT2D eigenvalue weighted by atomic mass is 32.2. The molecule has 1 aliphatic rings. The Bertz CT molecular complexity index is 864. The first-order chi connectivity index (χ1) is 13.6. The largest absolute Gasteiger partial charge is 0.466 e. The molecule has 2 heterocycles. The van der Waals surface area contributed by atoms with Gasteiger partial charge in [0.25, 0.3) is 0 Å². The van der Waals surface area contributed by atoms with Gasteiger partial charge in [-0.05, 0) is 24.5 Å². The van der Waals surface area contributed by atoms with Crippen LogP contribution in [0.25, 0.3) is 5.57 Å². The number of nitrogens with zero attached hydrogens (tertiary/aromatic N) is 4. The maximum Gasteiger partial charge on any atom is 0.313 e. The van der Waals surface area contributed by atoms with Crippen LogP contribution in [0.4, 0.5) is 0 Å². The van der Waals surface area contributed by atoms with Crippen LogP contribution in [-0.4, -0.2) is 57.0 Å². The third-order valence-electron chi connectivity index (χ3n) is 4.56. The Hall–Kier alpha value is -2.61. The fourth-order valence-electron chi connectivity index (χ4n) is 2.99. The quantitative estimate of drug-likeness (QED) is 0.524. The lowest BCUT2D eigenvalue weighted by Crippen LogP contribution is -2.35. The second-order valence-corrected chi connectivity index (χ2v) is 7.36. The molecule has 0 unspecified atom stereocenters. The second-order valence-electron chi connectivity index (χ2n) is 6.41. The van der Waals surface area contributed by atoms with Gasteiger partial charge in [0.1, 0.15) is 12.2 Å². The van der Waals surface area contributed by atoms with Crippen LogP contribution in [0, 0.1) is 0 Å². The minimum Gasteiger partial charge on any atom is -0.466 e. The van der Waals surface area contributed by atoms with Crippen LogP contribution in [0.15, 0.2) is 41.6 Å². The van der Waals surface area contributed by atoms with E-state index in [1.165, 1.54) is 22.9 Å². The lowest BCUT2D eigenvalue weighted by atomic mass is 10.00. The minimum atomic E-state index is -0.333. The standard InChI is InChI=1S/C20H24N4O3S/c1-3-27-19(26)13-17-21-22-20(23(17)2)28-14-18(25)24-11-9-16(10-12-24)15-7-5-4-6-8-15/h4-9H,3,10-14H2,1-2H3. The van der Waals surface area contributed by atoms with Gasteiger partial charge in [0.05, 0.1) is 12.4 Å². The summed E-state index contributed by atoms with van der Waals surface area (Å²) in [4.78, 5) is 26.0. The van der Waals surface area contributed by atoms with Crippen molar-refractivity contribution in [1.82, 2.24) is 19.7 Å². The Morgan fingerprint density at radius 1 is 1.21 bits per heavy atom. The number of hydrogen-bond acceptors (Lipinski definition) is 6. The van der Waals surface area contributed by atoms with Crippen molar-refractivity contribution in [3.63, 3.8) is 0 Å². The fraction of sp³-hybridized carbons (Fsp3) is 0.400. The monoisotopic (exact) mass is 400 g/mol. The topological polar surface area (TPSA) is 77.3 Å². The summed E-state index contributed by atoms with van der Waals surface area (Å²) in [6.45, 7) is 3.44. The molecule has 0 atom stereocenters. The summed E-state index contributed by atoms with van der Waals surface area (Å²) in [5.74, 6) is 0.560. The molecule has 0 N–H and O–H groups in total. The molecule has 1 aliphatic heterocycles. The number of thioether (sulfide) groups is 1. The van der Waals surface area contributed by atoms with Gasteiger partial charge in [-0.1, -0.05) is 48.2 Å². The van der Waals surface area contributed by atoms with E-state index in [2.05, 4.69) is 28.4 Å². The first-order valence-electron chi connectivity index (χ1n) is 9.27. The van der Waals surface area contributed by atoms with E-state index in [4.69, 9.17) is 4.74 Å². The molecule has 7 nitrogen and oxygen atoms in total. The summed E-state index contributed by atoms with van der Waals surface area (Å²) >= 11 is 1.33. The normalized spacial score (nSPS) is 13.9. The summed E-state index contributed by atoms with van der Waals surface area (Å²) in [6, 6.07) is 10.3. The zero-order chi connectivity index (χ0) is 19.9. The summed E-state index contributed by atoms with van der Waals surface area (Å²) in [5, 5.41) is 8.73. The van der Waals surface area contributed by atoms with Gasteiger partial charge < -0.3 is 14.2 Å². The Balaban J connectivity index is 1.52. The third-order valence-corrected chi connectivity index (χ3v) is 5.57. The summed E-state index contributed by atoms with van der Waals surface area (Å²) < 4.78 is 6.67. The predicted octanol–water partition coefficient (Wildman–Crippen LogP) is 2.33. The maximum atomic E-state index is 12.5. The van der Waals surface area contributed by atoms with Gasteiger partial charge in [0.15, 0.2) is 5.16 Å². The van der Waals surface area contributed by atoms with Crippen LogP contribution in [0.1, 0.15) is 24.7 Å². The highest BCUT2D eigenvalue weighted by molar-refractivity contribution is 7.99. The second kappa shape index (κ2) is 9.54. The zero-order valence-electron chi connectivity index (χ0n) is 16.1. The molecule has 0 aliphatic carbocycles. The SMILES string of the molecule is CCOC(=O)Cc1nnc(SCC(=O)N2CC=C(c3ccccc3)CC2)n1C. The van der Waals surface area contributed by atoms with Gasteiger partial charge in [-0.2, -0.15) is 0 Å². The number of carbonyl (C=O) groups excluding carboxylic acids is 2. The molecular formula is C20H24N4O3S. The van der Waals surface area contributed by atoms with E-state index in [0.29, 0.717) is 36.4 Å². The number of esters is 1. The number of carbonyl (C=O) groups is 2. The highest BCUT2D eigenvalue weighted by Gasteiger charge is 2.20. The van der Waals surface area contributed by atoms with Crippen molar-refractivity contribution in [2.75, 3.05) is 25.4 Å². The molecule has 0 spiro atoms. The van der Waals surface area contributed by atoms with Gasteiger partial charge >= 0.3 is 5.97 Å². The van der Waals surface area contributed by atoms with Gasteiger partial charge in [0.2, 0.25) is 5.91 Å². The van der Waals surface area contributed by atoms with Crippen molar-refractivity contribution in [1.29, 1.82) is 0 Å². The Morgan fingerprint density at radius 2 is 2.00 bits per heavy atom.